The van der Waals surface area contributed by atoms with Crippen LogP contribution in [0, 0.1) is 6.92 Å². The molecule has 0 spiro atoms. The zero-order valence-electron chi connectivity index (χ0n) is 12.1. The molecule has 1 N–H and O–H groups in total. The van der Waals surface area contributed by atoms with Crippen LogP contribution in [0.1, 0.15) is 35.4 Å². The van der Waals surface area contributed by atoms with E-state index < -0.39 is 0 Å². The van der Waals surface area contributed by atoms with Crippen molar-refractivity contribution in [2.45, 2.75) is 32.2 Å². The lowest BCUT2D eigenvalue weighted by Gasteiger charge is -2.12. The van der Waals surface area contributed by atoms with Crippen LogP contribution in [0.4, 0.5) is 5.69 Å². The van der Waals surface area contributed by atoms with Crippen molar-refractivity contribution < 1.29 is 4.74 Å². The van der Waals surface area contributed by atoms with E-state index in [2.05, 4.69) is 48.6 Å². The summed E-state index contributed by atoms with van der Waals surface area (Å²) in [5, 5.41) is 3.46. The van der Waals surface area contributed by atoms with Crippen molar-refractivity contribution in [2.75, 3.05) is 12.4 Å². The van der Waals surface area contributed by atoms with E-state index in [0.717, 1.165) is 23.9 Å². The van der Waals surface area contributed by atoms with E-state index in [4.69, 9.17) is 4.74 Å². The van der Waals surface area contributed by atoms with Crippen molar-refractivity contribution in [1.29, 1.82) is 0 Å². The van der Waals surface area contributed by atoms with E-state index in [9.17, 15) is 0 Å². The number of benzene rings is 2. The fourth-order valence-electron chi connectivity index (χ4n) is 2.48. The number of rotatable bonds is 5. The van der Waals surface area contributed by atoms with Gasteiger partial charge in [0.2, 0.25) is 0 Å². The van der Waals surface area contributed by atoms with Gasteiger partial charge in [-0.3, -0.25) is 0 Å². The summed E-state index contributed by atoms with van der Waals surface area (Å²) in [5.74, 6) is 1.72. The lowest BCUT2D eigenvalue weighted by Crippen LogP contribution is -2.01. The van der Waals surface area contributed by atoms with Crippen LogP contribution in [0.3, 0.4) is 0 Å². The van der Waals surface area contributed by atoms with Crippen molar-refractivity contribution >= 4 is 5.69 Å². The Morgan fingerprint density at radius 3 is 2.50 bits per heavy atom. The van der Waals surface area contributed by atoms with Crippen molar-refractivity contribution in [3.05, 3.63) is 59.2 Å². The van der Waals surface area contributed by atoms with Crippen LogP contribution in [0.15, 0.2) is 42.5 Å². The smallest absolute Gasteiger partial charge is 0.141 e. The lowest BCUT2D eigenvalue weighted by molar-refractivity contribution is 0.416. The molecular weight excluding hydrogens is 246 g/mol. The zero-order valence-corrected chi connectivity index (χ0v) is 12.1. The fraction of sp³-hybridized carbons (Fsp3) is 0.333. The summed E-state index contributed by atoms with van der Waals surface area (Å²) in [6.45, 7) is 2.92. The first-order valence-electron chi connectivity index (χ1n) is 7.23. The van der Waals surface area contributed by atoms with E-state index in [1.807, 2.05) is 6.07 Å². The predicted octanol–water partition coefficient (Wildman–Crippen LogP) is 4.49. The minimum Gasteiger partial charge on any atom is -0.495 e. The van der Waals surface area contributed by atoms with Crippen molar-refractivity contribution in [2.24, 2.45) is 0 Å². The molecule has 0 aliphatic heterocycles. The summed E-state index contributed by atoms with van der Waals surface area (Å²) < 4.78 is 5.39. The van der Waals surface area contributed by atoms with Gasteiger partial charge in [-0.1, -0.05) is 30.3 Å². The summed E-state index contributed by atoms with van der Waals surface area (Å²) in [7, 11) is 1.71. The first-order chi connectivity index (χ1) is 9.76. The Morgan fingerprint density at radius 1 is 1.10 bits per heavy atom. The highest BCUT2D eigenvalue weighted by molar-refractivity contribution is 5.58. The van der Waals surface area contributed by atoms with Crippen LogP contribution in [0.2, 0.25) is 0 Å². The highest BCUT2D eigenvalue weighted by Gasteiger charge is 2.22. The number of methoxy groups -OCH3 is 1. The van der Waals surface area contributed by atoms with Crippen LogP contribution >= 0.6 is 0 Å². The van der Waals surface area contributed by atoms with Gasteiger partial charge in [0, 0.05) is 6.54 Å². The highest BCUT2D eigenvalue weighted by Crippen LogP contribution is 2.39. The van der Waals surface area contributed by atoms with Gasteiger partial charge in [-0.25, -0.2) is 0 Å². The van der Waals surface area contributed by atoms with Crippen molar-refractivity contribution in [3.63, 3.8) is 0 Å². The highest BCUT2D eigenvalue weighted by atomic mass is 16.5. The molecule has 0 heterocycles. The van der Waals surface area contributed by atoms with E-state index in [-0.39, 0.29) is 0 Å². The molecule has 2 aromatic rings. The third-order valence-corrected chi connectivity index (χ3v) is 3.87. The fourth-order valence-corrected chi connectivity index (χ4v) is 2.48. The Labute approximate surface area is 120 Å². The van der Waals surface area contributed by atoms with Gasteiger partial charge >= 0.3 is 0 Å². The summed E-state index contributed by atoms with van der Waals surface area (Å²) in [5.41, 5.74) is 5.08. The molecule has 20 heavy (non-hydrogen) atoms. The predicted molar refractivity (Wildman–Crippen MR) is 83.5 cm³/mol. The number of anilines is 1. The lowest BCUT2D eigenvalue weighted by atomic mass is 10.1. The van der Waals surface area contributed by atoms with E-state index in [1.165, 1.54) is 29.5 Å². The summed E-state index contributed by atoms with van der Waals surface area (Å²) >= 11 is 0. The van der Waals surface area contributed by atoms with Crippen LogP contribution in [-0.2, 0) is 6.54 Å². The molecule has 1 fully saturated rings. The van der Waals surface area contributed by atoms with E-state index >= 15 is 0 Å². The molecule has 0 unspecified atom stereocenters. The molecule has 104 valence electrons. The molecule has 1 aliphatic rings. The second-order valence-electron chi connectivity index (χ2n) is 5.57. The van der Waals surface area contributed by atoms with Gasteiger partial charge in [-0.2, -0.15) is 0 Å². The quantitative estimate of drug-likeness (QED) is 0.861. The maximum atomic E-state index is 5.39. The number of nitrogens with one attached hydrogen (secondary N) is 1. The molecule has 2 heteroatoms. The molecule has 0 saturated heterocycles. The Kier molecular flexibility index (Phi) is 3.64. The van der Waals surface area contributed by atoms with E-state index in [1.54, 1.807) is 7.11 Å². The van der Waals surface area contributed by atoms with Gasteiger partial charge in [-0.15, -0.1) is 0 Å². The maximum absolute atomic E-state index is 5.39. The Hall–Kier alpha value is -1.96. The normalized spacial score (nSPS) is 14.1. The summed E-state index contributed by atoms with van der Waals surface area (Å²) in [6.07, 6.45) is 2.72. The number of ether oxygens (including phenoxy) is 1. The van der Waals surface area contributed by atoms with Crippen molar-refractivity contribution in [3.8, 4) is 5.75 Å². The minimum absolute atomic E-state index is 0.824. The summed E-state index contributed by atoms with van der Waals surface area (Å²) in [4.78, 5) is 0. The third-order valence-electron chi connectivity index (χ3n) is 3.87. The number of aryl methyl sites for hydroxylation is 1. The monoisotopic (exact) mass is 267 g/mol. The molecule has 0 aromatic heterocycles. The third kappa shape index (κ3) is 2.96. The van der Waals surface area contributed by atoms with Crippen LogP contribution in [-0.4, -0.2) is 7.11 Å². The molecule has 1 aliphatic carbocycles. The number of hydrogen-bond acceptors (Lipinski definition) is 2. The van der Waals surface area contributed by atoms with Gasteiger partial charge < -0.3 is 10.1 Å². The molecule has 0 atom stereocenters. The maximum Gasteiger partial charge on any atom is 0.141 e. The summed E-state index contributed by atoms with van der Waals surface area (Å²) in [6, 6.07) is 15.2. The van der Waals surface area contributed by atoms with Gasteiger partial charge in [0.05, 0.1) is 12.8 Å². The molecular formula is C18H21NO. The van der Waals surface area contributed by atoms with Crippen molar-refractivity contribution in [1.82, 2.24) is 0 Å². The van der Waals surface area contributed by atoms with Crippen LogP contribution in [0.5, 0.6) is 5.75 Å². The van der Waals surface area contributed by atoms with E-state index in [0.29, 0.717) is 0 Å². The molecule has 1 saturated carbocycles. The van der Waals surface area contributed by atoms with Gasteiger partial charge in [0.15, 0.2) is 0 Å². The SMILES string of the molecule is COc1ccc(C)cc1NCc1ccc(C2CC2)cc1. The van der Waals surface area contributed by atoms with Gasteiger partial charge in [-0.05, 0) is 54.5 Å². The average molecular weight is 267 g/mol. The molecule has 2 nitrogen and oxygen atoms in total. The zero-order chi connectivity index (χ0) is 13.9. The molecule has 3 rings (SSSR count). The minimum atomic E-state index is 0.824. The van der Waals surface area contributed by atoms with Crippen LogP contribution < -0.4 is 10.1 Å². The van der Waals surface area contributed by atoms with Gasteiger partial charge in [0.1, 0.15) is 5.75 Å². The first-order valence-corrected chi connectivity index (χ1v) is 7.23. The average Bonchev–Trinajstić information content (AvgIpc) is 3.30. The topological polar surface area (TPSA) is 21.3 Å². The second kappa shape index (κ2) is 5.58. The molecule has 0 amide bonds. The molecule has 2 aromatic carbocycles. The second-order valence-corrected chi connectivity index (χ2v) is 5.57. The Bertz CT molecular complexity index is 585. The Balaban J connectivity index is 1.67. The van der Waals surface area contributed by atoms with Gasteiger partial charge in [0.25, 0.3) is 0 Å². The molecule has 0 bridgehead atoms. The Morgan fingerprint density at radius 2 is 1.85 bits per heavy atom. The standard InChI is InChI=1S/C18H21NO/c1-13-3-10-18(20-2)17(11-13)19-12-14-4-6-15(7-5-14)16-8-9-16/h3-7,10-11,16,19H,8-9,12H2,1-2H3. The molecule has 0 radical (unpaired) electrons. The largest absolute Gasteiger partial charge is 0.495 e. The first kappa shape index (κ1) is 13.0. The van der Waals surface area contributed by atoms with Crippen LogP contribution in [0.25, 0.3) is 0 Å². The number of hydrogen-bond donors (Lipinski definition) is 1.